The van der Waals surface area contributed by atoms with Crippen molar-refractivity contribution in [3.8, 4) is 5.75 Å². The number of rotatable bonds is 9. The standard InChI is InChI=1S/C26H38N2O2/c1-6-25(2)20-26(16-18-30-25,22-9-13-24(29-5)14-10-22)15-17-27-19-21-7-11-23(12-8-21)28(3)4/h7-14,27H,6,15-20H2,1-5H3/p+1/t25-,26+/m0/s1. The van der Waals surface area contributed by atoms with Crippen molar-refractivity contribution >= 4 is 5.69 Å². The molecule has 1 fully saturated rings. The zero-order chi connectivity index (χ0) is 21.6. The molecule has 2 aromatic carbocycles. The monoisotopic (exact) mass is 411 g/mol. The minimum absolute atomic E-state index is 0.0415. The van der Waals surface area contributed by atoms with E-state index in [2.05, 4.69) is 86.7 Å². The smallest absolute Gasteiger partial charge is 0.118 e. The van der Waals surface area contributed by atoms with Crippen molar-refractivity contribution in [3.05, 3.63) is 59.7 Å². The second-order valence-electron chi connectivity index (χ2n) is 9.18. The molecule has 4 heteroatoms. The molecule has 164 valence electrons. The van der Waals surface area contributed by atoms with Crippen molar-refractivity contribution < 1.29 is 14.8 Å². The number of quaternary nitrogens is 1. The molecular weight excluding hydrogens is 372 g/mol. The minimum Gasteiger partial charge on any atom is -0.497 e. The third kappa shape index (κ3) is 5.35. The molecule has 1 heterocycles. The highest BCUT2D eigenvalue weighted by molar-refractivity contribution is 5.45. The molecule has 3 rings (SSSR count). The first kappa shape index (κ1) is 22.6. The predicted molar refractivity (Wildman–Crippen MR) is 124 cm³/mol. The Bertz CT molecular complexity index is 788. The molecule has 0 aromatic heterocycles. The van der Waals surface area contributed by atoms with Crippen molar-refractivity contribution in [2.45, 2.75) is 57.1 Å². The molecule has 2 aromatic rings. The van der Waals surface area contributed by atoms with Gasteiger partial charge in [-0.1, -0.05) is 31.2 Å². The van der Waals surface area contributed by atoms with Crippen LogP contribution in [-0.2, 0) is 16.7 Å². The number of nitrogens with zero attached hydrogens (tertiary/aromatic N) is 1. The predicted octanol–water partition coefficient (Wildman–Crippen LogP) is 4.13. The Morgan fingerprint density at radius 1 is 1.07 bits per heavy atom. The molecule has 1 aliphatic rings. The molecule has 0 amide bonds. The van der Waals surface area contributed by atoms with Gasteiger partial charge in [0.2, 0.25) is 0 Å². The number of hydrogen-bond acceptors (Lipinski definition) is 3. The molecule has 0 spiro atoms. The van der Waals surface area contributed by atoms with Gasteiger partial charge in [0, 0.05) is 43.8 Å². The fraction of sp³-hybridized carbons (Fsp3) is 0.538. The Labute approximate surface area is 182 Å². The number of nitrogens with two attached hydrogens (primary N) is 1. The second-order valence-corrected chi connectivity index (χ2v) is 9.18. The van der Waals surface area contributed by atoms with E-state index >= 15 is 0 Å². The Kier molecular flexibility index (Phi) is 7.43. The lowest BCUT2D eigenvalue weighted by molar-refractivity contribution is -0.672. The molecule has 1 aliphatic heterocycles. The maximum absolute atomic E-state index is 6.20. The topological polar surface area (TPSA) is 38.3 Å². The van der Waals surface area contributed by atoms with Crippen LogP contribution in [0.3, 0.4) is 0 Å². The number of hydrogen-bond donors (Lipinski definition) is 1. The molecule has 1 saturated heterocycles. The molecular formula is C26H39N2O2+. The largest absolute Gasteiger partial charge is 0.497 e. The summed E-state index contributed by atoms with van der Waals surface area (Å²) in [4.78, 5) is 2.14. The lowest BCUT2D eigenvalue weighted by Crippen LogP contribution is -2.83. The van der Waals surface area contributed by atoms with Gasteiger partial charge in [0.05, 0.1) is 19.3 Å². The maximum Gasteiger partial charge on any atom is 0.118 e. The van der Waals surface area contributed by atoms with E-state index in [0.717, 1.165) is 51.1 Å². The van der Waals surface area contributed by atoms with Gasteiger partial charge in [-0.2, -0.15) is 0 Å². The van der Waals surface area contributed by atoms with E-state index in [1.54, 1.807) is 7.11 Å². The fourth-order valence-corrected chi connectivity index (χ4v) is 4.70. The minimum atomic E-state index is -0.0415. The molecule has 2 atom stereocenters. The number of benzene rings is 2. The van der Waals surface area contributed by atoms with Gasteiger partial charge in [-0.3, -0.25) is 0 Å². The molecule has 0 radical (unpaired) electrons. The van der Waals surface area contributed by atoms with Gasteiger partial charge in [0.15, 0.2) is 0 Å². The third-order valence-corrected chi connectivity index (χ3v) is 6.85. The Hall–Kier alpha value is -2.04. The van der Waals surface area contributed by atoms with Gasteiger partial charge in [-0.15, -0.1) is 0 Å². The molecule has 0 bridgehead atoms. The van der Waals surface area contributed by atoms with E-state index in [0.29, 0.717) is 0 Å². The van der Waals surface area contributed by atoms with E-state index in [9.17, 15) is 0 Å². The quantitative estimate of drug-likeness (QED) is 0.631. The lowest BCUT2D eigenvalue weighted by atomic mass is 9.66. The summed E-state index contributed by atoms with van der Waals surface area (Å²) in [5.74, 6) is 0.923. The van der Waals surface area contributed by atoms with Gasteiger partial charge >= 0.3 is 0 Å². The summed E-state index contributed by atoms with van der Waals surface area (Å²) >= 11 is 0. The van der Waals surface area contributed by atoms with Crippen LogP contribution in [-0.4, -0.2) is 40.0 Å². The van der Waals surface area contributed by atoms with Crippen LogP contribution in [0.1, 0.15) is 50.7 Å². The Morgan fingerprint density at radius 2 is 1.77 bits per heavy atom. The average molecular weight is 412 g/mol. The summed E-state index contributed by atoms with van der Waals surface area (Å²) in [6.07, 6.45) is 4.37. The normalized spacial score (nSPS) is 23.9. The number of anilines is 1. The number of methoxy groups -OCH3 is 1. The second kappa shape index (κ2) is 9.84. The van der Waals surface area contributed by atoms with Crippen LogP contribution in [0.5, 0.6) is 5.75 Å². The van der Waals surface area contributed by atoms with Crippen LogP contribution in [0, 0.1) is 0 Å². The Morgan fingerprint density at radius 3 is 2.37 bits per heavy atom. The van der Waals surface area contributed by atoms with Crippen LogP contribution in [0.15, 0.2) is 48.5 Å². The van der Waals surface area contributed by atoms with E-state index < -0.39 is 0 Å². The van der Waals surface area contributed by atoms with Crippen LogP contribution < -0.4 is 15.0 Å². The van der Waals surface area contributed by atoms with E-state index in [1.807, 2.05) is 0 Å². The van der Waals surface area contributed by atoms with Gasteiger partial charge in [-0.05, 0) is 56.0 Å². The van der Waals surface area contributed by atoms with Crippen molar-refractivity contribution in [1.82, 2.24) is 0 Å². The highest BCUT2D eigenvalue weighted by atomic mass is 16.5. The van der Waals surface area contributed by atoms with Crippen LogP contribution in [0.25, 0.3) is 0 Å². The van der Waals surface area contributed by atoms with E-state index in [1.165, 1.54) is 16.8 Å². The maximum atomic E-state index is 6.20. The molecule has 0 saturated carbocycles. The SMILES string of the molecule is CC[C@@]1(C)C[C@](CC[NH2+]Cc2ccc(N(C)C)cc2)(c2ccc(OC)cc2)CCO1. The van der Waals surface area contributed by atoms with Crippen LogP contribution >= 0.6 is 0 Å². The Balaban J connectivity index is 1.68. The van der Waals surface area contributed by atoms with E-state index in [-0.39, 0.29) is 11.0 Å². The van der Waals surface area contributed by atoms with Crippen LogP contribution in [0.2, 0.25) is 0 Å². The highest BCUT2D eigenvalue weighted by Gasteiger charge is 2.43. The molecule has 30 heavy (non-hydrogen) atoms. The summed E-state index contributed by atoms with van der Waals surface area (Å²) in [6.45, 7) is 7.49. The van der Waals surface area contributed by atoms with Crippen molar-refractivity contribution in [2.24, 2.45) is 0 Å². The first-order valence-electron chi connectivity index (χ1n) is 11.3. The summed E-state index contributed by atoms with van der Waals surface area (Å²) in [5, 5.41) is 2.45. The van der Waals surface area contributed by atoms with Crippen molar-refractivity contribution in [3.63, 3.8) is 0 Å². The summed E-state index contributed by atoms with van der Waals surface area (Å²) < 4.78 is 11.6. The van der Waals surface area contributed by atoms with Crippen molar-refractivity contribution in [1.29, 1.82) is 0 Å². The molecule has 0 aliphatic carbocycles. The van der Waals surface area contributed by atoms with Crippen LogP contribution in [0.4, 0.5) is 5.69 Å². The first-order chi connectivity index (χ1) is 14.4. The third-order valence-electron chi connectivity index (χ3n) is 6.85. The molecule has 4 nitrogen and oxygen atoms in total. The summed E-state index contributed by atoms with van der Waals surface area (Å²) in [7, 11) is 5.89. The summed E-state index contributed by atoms with van der Waals surface area (Å²) in [5.41, 5.74) is 4.18. The fourth-order valence-electron chi connectivity index (χ4n) is 4.70. The van der Waals surface area contributed by atoms with Gasteiger partial charge in [0.1, 0.15) is 12.3 Å². The van der Waals surface area contributed by atoms with Gasteiger partial charge < -0.3 is 19.7 Å². The average Bonchev–Trinajstić information content (AvgIpc) is 2.77. The number of ether oxygens (including phenoxy) is 2. The summed E-state index contributed by atoms with van der Waals surface area (Å²) in [6, 6.07) is 17.6. The van der Waals surface area contributed by atoms with Gasteiger partial charge in [-0.25, -0.2) is 0 Å². The first-order valence-corrected chi connectivity index (χ1v) is 11.3. The zero-order valence-corrected chi connectivity index (χ0v) is 19.4. The van der Waals surface area contributed by atoms with Crippen molar-refractivity contribution in [2.75, 3.05) is 39.3 Å². The molecule has 0 unspecified atom stereocenters. The lowest BCUT2D eigenvalue weighted by Gasteiger charge is -2.46. The highest BCUT2D eigenvalue weighted by Crippen LogP contribution is 2.45. The van der Waals surface area contributed by atoms with E-state index in [4.69, 9.17) is 9.47 Å². The molecule has 2 N–H and O–H groups in total. The van der Waals surface area contributed by atoms with Gasteiger partial charge in [0.25, 0.3) is 0 Å². The zero-order valence-electron chi connectivity index (χ0n) is 19.4.